The fourth-order valence-electron chi connectivity index (χ4n) is 4.11. The zero-order valence-corrected chi connectivity index (χ0v) is 20.5. The average molecular weight is 518 g/mol. The van der Waals surface area contributed by atoms with Crippen molar-refractivity contribution in [3.05, 3.63) is 120 Å². The molecule has 0 saturated heterocycles. The molecule has 0 unspecified atom stereocenters. The van der Waals surface area contributed by atoms with Crippen LogP contribution in [0.1, 0.15) is 17.3 Å². The van der Waals surface area contributed by atoms with Gasteiger partial charge < -0.3 is 15.4 Å². The number of nitrogens with zero attached hydrogens (tertiary/aromatic N) is 1. The van der Waals surface area contributed by atoms with Gasteiger partial charge in [0.2, 0.25) is 10.0 Å². The molecule has 0 radical (unpaired) electrons. The van der Waals surface area contributed by atoms with Gasteiger partial charge in [-0.3, -0.25) is 4.79 Å². The highest BCUT2D eigenvalue weighted by Crippen LogP contribution is 2.39. The van der Waals surface area contributed by atoms with Crippen LogP contribution in [0.2, 0.25) is 0 Å². The summed E-state index contributed by atoms with van der Waals surface area (Å²) in [6.45, 7) is -0.0444. The minimum Gasteiger partial charge on any atom is -0.484 e. The number of amides is 1. The predicted octanol–water partition coefficient (Wildman–Crippen LogP) is 5.16. The highest BCUT2D eigenvalue weighted by atomic mass is 32.2. The highest BCUT2D eigenvalue weighted by Gasteiger charge is 2.38. The maximum atomic E-state index is 13.6. The molecular weight excluding hydrogens is 493 g/mol. The van der Waals surface area contributed by atoms with Crippen LogP contribution >= 0.6 is 0 Å². The van der Waals surface area contributed by atoms with Crippen molar-refractivity contribution in [2.24, 2.45) is 0 Å². The van der Waals surface area contributed by atoms with Gasteiger partial charge in [0, 0.05) is 12.2 Å². The largest absolute Gasteiger partial charge is 0.484 e. The van der Waals surface area contributed by atoms with Gasteiger partial charge in [-0.25, -0.2) is 12.8 Å². The van der Waals surface area contributed by atoms with E-state index >= 15 is 0 Å². The summed E-state index contributed by atoms with van der Waals surface area (Å²) in [6, 6.07) is 28.6. The summed E-state index contributed by atoms with van der Waals surface area (Å²) in [6.07, 6.45) is -0.643. The van der Waals surface area contributed by atoms with E-state index in [1.807, 2.05) is 30.3 Å². The normalized spacial score (nSPS) is 16.3. The summed E-state index contributed by atoms with van der Waals surface area (Å²) in [4.78, 5) is 12.4. The van der Waals surface area contributed by atoms with Gasteiger partial charge >= 0.3 is 0 Å². The molecule has 7 nitrogen and oxygen atoms in total. The lowest BCUT2D eigenvalue weighted by Crippen LogP contribution is -2.42. The van der Waals surface area contributed by atoms with Gasteiger partial charge in [0.1, 0.15) is 22.6 Å². The number of sulfonamides is 1. The second-order valence-electron chi connectivity index (χ2n) is 8.49. The van der Waals surface area contributed by atoms with Crippen molar-refractivity contribution < 1.29 is 22.3 Å². The summed E-state index contributed by atoms with van der Waals surface area (Å²) >= 11 is 0. The molecule has 5 rings (SSSR count). The molecule has 9 heteroatoms. The van der Waals surface area contributed by atoms with Crippen molar-refractivity contribution in [3.8, 4) is 5.75 Å². The Labute approximate surface area is 214 Å². The lowest BCUT2D eigenvalue weighted by atomic mass is 10.1. The van der Waals surface area contributed by atoms with E-state index in [0.29, 0.717) is 17.1 Å². The third kappa shape index (κ3) is 5.47. The Kier molecular flexibility index (Phi) is 6.89. The summed E-state index contributed by atoms with van der Waals surface area (Å²) in [5, 5.41) is 5.99. The van der Waals surface area contributed by atoms with Crippen molar-refractivity contribution in [1.82, 2.24) is 4.31 Å². The van der Waals surface area contributed by atoms with E-state index in [2.05, 4.69) is 10.6 Å². The lowest BCUT2D eigenvalue weighted by molar-refractivity contribution is -0.118. The average Bonchev–Trinajstić information content (AvgIpc) is 2.91. The number of nitrogens with one attached hydrogen (secondary N) is 2. The standard InChI is InChI=1S/C28H24FN3O4S/c29-22-12-14-23(15-13-22)30-27(33)19-36-24-16-10-21(11-17-24)28-31-25-8-4-5-9-26(25)37(34,35)32(28)18-20-6-2-1-3-7-20/h1-17,28,31H,18-19H2,(H,30,33)/t28-/m0/s1. The highest BCUT2D eigenvalue weighted by molar-refractivity contribution is 7.89. The summed E-state index contributed by atoms with van der Waals surface area (Å²) in [5.41, 5.74) is 2.59. The first kappa shape index (κ1) is 24.5. The van der Waals surface area contributed by atoms with Crippen LogP contribution in [0.25, 0.3) is 0 Å². The van der Waals surface area contributed by atoms with Crippen LogP contribution in [0.15, 0.2) is 108 Å². The van der Waals surface area contributed by atoms with Gasteiger partial charge in [-0.1, -0.05) is 54.6 Å². The van der Waals surface area contributed by atoms with E-state index in [9.17, 15) is 17.6 Å². The van der Waals surface area contributed by atoms with Crippen LogP contribution in [-0.4, -0.2) is 25.2 Å². The zero-order valence-electron chi connectivity index (χ0n) is 19.7. The maximum Gasteiger partial charge on any atom is 0.262 e. The molecule has 1 heterocycles. The van der Waals surface area contributed by atoms with E-state index in [1.54, 1.807) is 48.5 Å². The fraction of sp³-hybridized carbons (Fsp3) is 0.107. The van der Waals surface area contributed by atoms with E-state index in [-0.39, 0.29) is 29.8 Å². The van der Waals surface area contributed by atoms with Crippen LogP contribution in [0.5, 0.6) is 5.75 Å². The van der Waals surface area contributed by atoms with Crippen molar-refractivity contribution in [2.75, 3.05) is 17.2 Å². The smallest absolute Gasteiger partial charge is 0.262 e. The molecular formula is C28H24FN3O4S. The first-order valence-electron chi connectivity index (χ1n) is 11.6. The Balaban J connectivity index is 1.33. The van der Waals surface area contributed by atoms with Crippen molar-refractivity contribution in [3.63, 3.8) is 0 Å². The van der Waals surface area contributed by atoms with Gasteiger partial charge in [0.25, 0.3) is 5.91 Å². The molecule has 188 valence electrons. The number of anilines is 2. The van der Waals surface area contributed by atoms with E-state index in [1.165, 1.54) is 28.6 Å². The summed E-state index contributed by atoms with van der Waals surface area (Å²) < 4.78 is 47.3. The Bertz CT molecular complexity index is 1490. The number of hydrogen-bond donors (Lipinski definition) is 2. The van der Waals surface area contributed by atoms with Gasteiger partial charge in [-0.2, -0.15) is 4.31 Å². The van der Waals surface area contributed by atoms with Gasteiger partial charge in [-0.05, 0) is 59.7 Å². The molecule has 2 N–H and O–H groups in total. The summed E-state index contributed by atoms with van der Waals surface area (Å²) in [7, 11) is -3.78. The Morgan fingerprint density at radius 3 is 2.30 bits per heavy atom. The number of rotatable bonds is 7. The molecule has 0 bridgehead atoms. The molecule has 4 aromatic rings. The molecule has 37 heavy (non-hydrogen) atoms. The lowest BCUT2D eigenvalue weighted by Gasteiger charge is -2.37. The molecule has 1 atom stereocenters. The van der Waals surface area contributed by atoms with Crippen molar-refractivity contribution in [2.45, 2.75) is 17.6 Å². The monoisotopic (exact) mass is 517 g/mol. The van der Waals surface area contributed by atoms with Crippen LogP contribution in [0.4, 0.5) is 15.8 Å². The number of para-hydroxylation sites is 1. The second kappa shape index (κ2) is 10.4. The first-order chi connectivity index (χ1) is 17.9. The van der Waals surface area contributed by atoms with E-state index < -0.39 is 16.2 Å². The number of halogens is 1. The maximum absolute atomic E-state index is 13.6. The van der Waals surface area contributed by atoms with Crippen molar-refractivity contribution >= 4 is 27.3 Å². The molecule has 0 spiro atoms. The van der Waals surface area contributed by atoms with Crippen molar-refractivity contribution in [1.29, 1.82) is 0 Å². The molecule has 0 saturated carbocycles. The molecule has 0 aromatic heterocycles. The Hall–Kier alpha value is -4.21. The fourth-order valence-corrected chi connectivity index (χ4v) is 5.79. The minimum absolute atomic E-state index is 0.191. The quantitative estimate of drug-likeness (QED) is 0.354. The number of carbonyl (C=O) groups excluding carboxylic acids is 1. The number of ether oxygens (including phenoxy) is 1. The molecule has 0 fully saturated rings. The number of hydrogen-bond acceptors (Lipinski definition) is 5. The zero-order chi connectivity index (χ0) is 25.8. The molecule has 4 aromatic carbocycles. The van der Waals surface area contributed by atoms with Gasteiger partial charge in [0.05, 0.1) is 5.69 Å². The van der Waals surface area contributed by atoms with E-state index in [0.717, 1.165) is 11.1 Å². The molecule has 1 amide bonds. The Morgan fingerprint density at radius 2 is 1.57 bits per heavy atom. The first-order valence-corrected chi connectivity index (χ1v) is 13.0. The predicted molar refractivity (Wildman–Crippen MR) is 139 cm³/mol. The molecule has 1 aliphatic heterocycles. The Morgan fingerprint density at radius 1 is 0.892 bits per heavy atom. The van der Waals surface area contributed by atoms with Crippen LogP contribution < -0.4 is 15.4 Å². The summed E-state index contributed by atoms with van der Waals surface area (Å²) in [5.74, 6) is -0.325. The van der Waals surface area contributed by atoms with Crippen LogP contribution in [-0.2, 0) is 21.4 Å². The van der Waals surface area contributed by atoms with Gasteiger partial charge in [-0.15, -0.1) is 0 Å². The topological polar surface area (TPSA) is 87.7 Å². The second-order valence-corrected chi connectivity index (χ2v) is 10.4. The number of fused-ring (bicyclic) bond motifs is 1. The minimum atomic E-state index is -3.78. The number of benzene rings is 4. The van der Waals surface area contributed by atoms with E-state index in [4.69, 9.17) is 4.74 Å². The molecule has 1 aliphatic rings. The third-order valence-electron chi connectivity index (χ3n) is 5.93. The van der Waals surface area contributed by atoms with Gasteiger partial charge in [0.15, 0.2) is 6.61 Å². The molecule has 0 aliphatic carbocycles. The SMILES string of the molecule is O=C(COc1ccc([C@H]2Nc3ccccc3S(=O)(=O)N2Cc2ccccc2)cc1)Nc1ccc(F)cc1. The number of carbonyl (C=O) groups is 1. The van der Waals surface area contributed by atoms with Crippen LogP contribution in [0, 0.1) is 5.82 Å². The third-order valence-corrected chi connectivity index (χ3v) is 7.80. The van der Waals surface area contributed by atoms with Crippen LogP contribution in [0.3, 0.4) is 0 Å².